The molecule has 1 aliphatic heterocycles. The first-order valence-corrected chi connectivity index (χ1v) is 8.65. The van der Waals surface area contributed by atoms with Gasteiger partial charge in [0, 0.05) is 0 Å². The van der Waals surface area contributed by atoms with E-state index in [1.165, 1.54) is 64.5 Å². The van der Waals surface area contributed by atoms with E-state index < -0.39 is 0 Å². The van der Waals surface area contributed by atoms with Gasteiger partial charge in [-0.05, 0) is 86.4 Å². The van der Waals surface area contributed by atoms with Crippen LogP contribution in [0.5, 0.6) is 0 Å². The predicted molar refractivity (Wildman–Crippen MR) is 91.1 cm³/mol. The van der Waals surface area contributed by atoms with E-state index in [4.69, 9.17) is 0 Å². The van der Waals surface area contributed by atoms with Crippen molar-refractivity contribution in [3.05, 3.63) is 35.4 Å². The van der Waals surface area contributed by atoms with Crippen LogP contribution in [0.4, 0.5) is 0 Å². The highest BCUT2D eigenvalue weighted by Crippen LogP contribution is 2.54. The van der Waals surface area contributed by atoms with E-state index in [1.54, 1.807) is 11.1 Å². The molecule has 2 unspecified atom stereocenters. The highest BCUT2D eigenvalue weighted by molar-refractivity contribution is 5.85. The van der Waals surface area contributed by atoms with Gasteiger partial charge in [-0.15, -0.1) is 12.4 Å². The highest BCUT2D eigenvalue weighted by atomic mass is 35.5. The first kappa shape index (κ1) is 15.4. The van der Waals surface area contributed by atoms with Crippen molar-refractivity contribution in [2.45, 2.75) is 51.4 Å². The molecule has 2 fully saturated rings. The van der Waals surface area contributed by atoms with Gasteiger partial charge >= 0.3 is 0 Å². The second-order valence-corrected chi connectivity index (χ2v) is 7.38. The molecule has 1 aromatic rings. The molecule has 4 rings (SSSR count). The van der Waals surface area contributed by atoms with Crippen LogP contribution in [0.15, 0.2) is 24.3 Å². The lowest BCUT2D eigenvalue weighted by atomic mass is 9.63. The minimum Gasteiger partial charge on any atom is -0.317 e. The van der Waals surface area contributed by atoms with Gasteiger partial charge in [0.1, 0.15) is 0 Å². The predicted octanol–water partition coefficient (Wildman–Crippen LogP) is 4.38. The number of benzene rings is 1. The third kappa shape index (κ3) is 2.75. The Morgan fingerprint density at radius 1 is 0.952 bits per heavy atom. The van der Waals surface area contributed by atoms with E-state index in [9.17, 15) is 0 Å². The van der Waals surface area contributed by atoms with Gasteiger partial charge in [-0.1, -0.05) is 30.7 Å². The first-order valence-electron chi connectivity index (χ1n) is 8.65. The lowest BCUT2D eigenvalue weighted by Gasteiger charge is -2.44. The van der Waals surface area contributed by atoms with E-state index in [2.05, 4.69) is 29.6 Å². The van der Waals surface area contributed by atoms with Gasteiger partial charge in [-0.3, -0.25) is 0 Å². The summed E-state index contributed by atoms with van der Waals surface area (Å²) >= 11 is 0. The summed E-state index contributed by atoms with van der Waals surface area (Å²) in [6.45, 7) is 2.53. The number of aryl methyl sites for hydroxylation is 1. The van der Waals surface area contributed by atoms with Gasteiger partial charge in [-0.2, -0.15) is 0 Å². The molecule has 1 aromatic carbocycles. The Balaban J connectivity index is 0.00000132. The van der Waals surface area contributed by atoms with E-state index in [0.717, 1.165) is 11.8 Å². The molecular weight excluding hydrogens is 278 g/mol. The van der Waals surface area contributed by atoms with Crippen LogP contribution >= 0.6 is 12.4 Å². The summed E-state index contributed by atoms with van der Waals surface area (Å²) in [4.78, 5) is 0. The van der Waals surface area contributed by atoms with E-state index in [0.29, 0.717) is 5.41 Å². The van der Waals surface area contributed by atoms with Crippen molar-refractivity contribution in [2.24, 2.45) is 17.3 Å². The van der Waals surface area contributed by atoms with Gasteiger partial charge in [0.2, 0.25) is 0 Å². The molecule has 21 heavy (non-hydrogen) atoms. The third-order valence-electron chi connectivity index (χ3n) is 6.53. The van der Waals surface area contributed by atoms with Crippen molar-refractivity contribution in [2.75, 3.05) is 13.1 Å². The molecule has 1 N–H and O–H groups in total. The van der Waals surface area contributed by atoms with Crippen LogP contribution in [0.3, 0.4) is 0 Å². The van der Waals surface area contributed by atoms with Gasteiger partial charge in [-0.25, -0.2) is 0 Å². The summed E-state index contributed by atoms with van der Waals surface area (Å²) < 4.78 is 0. The van der Waals surface area contributed by atoms with Crippen LogP contribution in [-0.4, -0.2) is 13.1 Å². The third-order valence-corrected chi connectivity index (χ3v) is 6.53. The summed E-state index contributed by atoms with van der Waals surface area (Å²) in [6, 6.07) is 9.17. The smallest absolute Gasteiger partial charge is 0.00435 e. The quantitative estimate of drug-likeness (QED) is 0.812. The fourth-order valence-electron chi connectivity index (χ4n) is 5.52. The lowest BCUT2D eigenvalue weighted by Crippen LogP contribution is -2.42. The molecule has 1 heterocycles. The van der Waals surface area contributed by atoms with Crippen molar-refractivity contribution in [3.63, 3.8) is 0 Å². The van der Waals surface area contributed by atoms with Crippen molar-refractivity contribution in [1.29, 1.82) is 0 Å². The zero-order valence-electron chi connectivity index (χ0n) is 12.9. The maximum Gasteiger partial charge on any atom is -0.00435 e. The first-order chi connectivity index (χ1) is 9.87. The molecule has 0 amide bonds. The van der Waals surface area contributed by atoms with Crippen molar-refractivity contribution < 1.29 is 0 Å². The molecule has 1 saturated carbocycles. The fraction of sp³-hybridized carbons (Fsp3) is 0.684. The summed E-state index contributed by atoms with van der Waals surface area (Å²) in [5.74, 6) is 1.98. The maximum absolute atomic E-state index is 3.58. The topological polar surface area (TPSA) is 12.0 Å². The standard InChI is InChI=1S/C19H27N.ClH/c1-2-5-16-14-17(8-7-15(16)4-1)18-6-3-9-19(18)10-12-20-13-11-19;/h1-2,4-5,17-18,20H,3,6-14H2;1H. The molecule has 116 valence electrons. The SMILES string of the molecule is Cl.c1ccc2c(c1)CCC(C1CCCC13CCNCC3)C2. The van der Waals surface area contributed by atoms with Crippen LogP contribution in [0.1, 0.15) is 49.7 Å². The summed E-state index contributed by atoms with van der Waals surface area (Å²) in [5, 5.41) is 3.58. The minimum atomic E-state index is 0. The Morgan fingerprint density at radius 3 is 2.52 bits per heavy atom. The number of fused-ring (bicyclic) bond motifs is 1. The van der Waals surface area contributed by atoms with Crippen LogP contribution in [0.25, 0.3) is 0 Å². The lowest BCUT2D eigenvalue weighted by molar-refractivity contribution is 0.0846. The Kier molecular flexibility index (Phi) is 4.61. The summed E-state index contributed by atoms with van der Waals surface area (Å²) in [7, 11) is 0. The zero-order chi connectivity index (χ0) is 13.4. The molecule has 1 spiro atoms. The number of rotatable bonds is 1. The monoisotopic (exact) mass is 305 g/mol. The number of nitrogens with one attached hydrogen (secondary N) is 1. The fourth-order valence-corrected chi connectivity index (χ4v) is 5.52. The van der Waals surface area contributed by atoms with Gasteiger partial charge < -0.3 is 5.32 Å². The van der Waals surface area contributed by atoms with Crippen LogP contribution in [0.2, 0.25) is 0 Å². The molecule has 0 aromatic heterocycles. The molecule has 0 radical (unpaired) electrons. The number of hydrogen-bond donors (Lipinski definition) is 1. The molecular formula is C19H28ClN. The van der Waals surface area contributed by atoms with E-state index in [-0.39, 0.29) is 12.4 Å². The average molecular weight is 306 g/mol. The second kappa shape index (κ2) is 6.30. The average Bonchev–Trinajstić information content (AvgIpc) is 2.90. The largest absolute Gasteiger partial charge is 0.317 e. The van der Waals surface area contributed by atoms with Crippen molar-refractivity contribution >= 4 is 12.4 Å². The minimum absolute atomic E-state index is 0. The van der Waals surface area contributed by atoms with Gasteiger partial charge in [0.25, 0.3) is 0 Å². The van der Waals surface area contributed by atoms with Crippen LogP contribution < -0.4 is 5.32 Å². The molecule has 3 aliphatic rings. The second-order valence-electron chi connectivity index (χ2n) is 7.38. The van der Waals surface area contributed by atoms with Crippen LogP contribution in [-0.2, 0) is 12.8 Å². The Hall–Kier alpha value is -0.530. The van der Waals surface area contributed by atoms with Crippen molar-refractivity contribution in [1.82, 2.24) is 5.32 Å². The maximum atomic E-state index is 3.58. The summed E-state index contributed by atoms with van der Waals surface area (Å²) in [6.07, 6.45) is 11.5. The Labute approximate surface area is 135 Å². The molecule has 1 saturated heterocycles. The number of halogens is 1. The molecule has 1 nitrogen and oxygen atoms in total. The zero-order valence-corrected chi connectivity index (χ0v) is 13.8. The molecule has 0 bridgehead atoms. The normalized spacial score (nSPS) is 30.7. The van der Waals surface area contributed by atoms with Gasteiger partial charge in [0.15, 0.2) is 0 Å². The molecule has 2 heteroatoms. The van der Waals surface area contributed by atoms with E-state index in [1.807, 2.05) is 0 Å². The Morgan fingerprint density at radius 2 is 1.71 bits per heavy atom. The van der Waals surface area contributed by atoms with Gasteiger partial charge in [0.05, 0.1) is 0 Å². The van der Waals surface area contributed by atoms with E-state index >= 15 is 0 Å². The van der Waals surface area contributed by atoms with Crippen LogP contribution in [0, 0.1) is 17.3 Å². The molecule has 2 aliphatic carbocycles. The number of piperidine rings is 1. The highest BCUT2D eigenvalue weighted by Gasteiger charge is 2.46. The Bertz CT molecular complexity index is 478. The summed E-state index contributed by atoms with van der Waals surface area (Å²) in [5.41, 5.74) is 3.99. The van der Waals surface area contributed by atoms with Crippen molar-refractivity contribution in [3.8, 4) is 0 Å². The molecule has 2 atom stereocenters. The number of hydrogen-bond acceptors (Lipinski definition) is 1.